The SMILES string of the molecule is COc1ccc(C(OCC(CO[Si](c2ccccc2)(c2ccccc2)C(C)(C)C)OCCO)(c2ccccc2)c2ccc(OC)cc2)cc1. The molecule has 0 aliphatic heterocycles. The molecule has 0 aromatic heterocycles. The Hall–Kier alpha value is -4.24. The molecule has 0 saturated carbocycles. The smallest absolute Gasteiger partial charge is 0.261 e. The molecule has 1 N–H and O–H groups in total. The summed E-state index contributed by atoms with van der Waals surface area (Å²) in [5.41, 5.74) is 1.80. The Labute approximate surface area is 292 Å². The zero-order chi connectivity index (χ0) is 34.7. The summed E-state index contributed by atoms with van der Waals surface area (Å²) in [4.78, 5) is 0. The molecule has 0 fully saturated rings. The van der Waals surface area contributed by atoms with Crippen molar-refractivity contribution in [2.45, 2.75) is 37.5 Å². The normalized spacial score (nSPS) is 12.8. The number of hydrogen-bond donors (Lipinski definition) is 1. The van der Waals surface area contributed by atoms with Gasteiger partial charge < -0.3 is 28.5 Å². The predicted octanol–water partition coefficient (Wildman–Crippen LogP) is 6.97. The molecule has 0 bridgehead atoms. The lowest BCUT2D eigenvalue weighted by molar-refractivity contribution is -0.0835. The zero-order valence-electron chi connectivity index (χ0n) is 29.2. The molecule has 1 atom stereocenters. The summed E-state index contributed by atoms with van der Waals surface area (Å²) >= 11 is 0. The summed E-state index contributed by atoms with van der Waals surface area (Å²) in [6.07, 6.45) is -0.492. The summed E-state index contributed by atoms with van der Waals surface area (Å²) in [7, 11) is 0.457. The van der Waals surface area contributed by atoms with E-state index in [0.29, 0.717) is 0 Å². The highest BCUT2D eigenvalue weighted by Gasteiger charge is 2.50. The van der Waals surface area contributed by atoms with Crippen LogP contribution in [0.1, 0.15) is 37.5 Å². The van der Waals surface area contributed by atoms with Crippen LogP contribution in [0.2, 0.25) is 5.04 Å². The molecule has 0 amide bonds. The van der Waals surface area contributed by atoms with Gasteiger partial charge in [-0.1, -0.05) is 136 Å². The van der Waals surface area contributed by atoms with Gasteiger partial charge in [-0.2, -0.15) is 0 Å². The quantitative estimate of drug-likeness (QED) is 0.0901. The highest BCUT2D eigenvalue weighted by molar-refractivity contribution is 6.99. The van der Waals surface area contributed by atoms with E-state index in [2.05, 4.69) is 81.4 Å². The molecule has 0 radical (unpaired) electrons. The Morgan fingerprint density at radius 3 is 1.41 bits per heavy atom. The number of aliphatic hydroxyl groups is 1. The third-order valence-corrected chi connectivity index (χ3v) is 14.0. The molecular formula is C42H48O6Si. The number of benzene rings is 5. The van der Waals surface area contributed by atoms with E-state index in [4.69, 9.17) is 23.4 Å². The molecule has 0 aliphatic rings. The van der Waals surface area contributed by atoms with E-state index in [1.165, 1.54) is 10.4 Å². The fourth-order valence-electron chi connectivity index (χ4n) is 6.64. The molecule has 0 spiro atoms. The Morgan fingerprint density at radius 2 is 1.00 bits per heavy atom. The van der Waals surface area contributed by atoms with Gasteiger partial charge >= 0.3 is 0 Å². The zero-order valence-corrected chi connectivity index (χ0v) is 30.2. The molecule has 5 aromatic carbocycles. The van der Waals surface area contributed by atoms with Crippen LogP contribution in [0.5, 0.6) is 11.5 Å². The Balaban J connectivity index is 1.58. The van der Waals surface area contributed by atoms with Crippen molar-refractivity contribution in [1.82, 2.24) is 0 Å². The van der Waals surface area contributed by atoms with Crippen LogP contribution in [0.25, 0.3) is 0 Å². The highest BCUT2D eigenvalue weighted by Crippen LogP contribution is 2.42. The van der Waals surface area contributed by atoms with Crippen LogP contribution in [-0.4, -0.2) is 60.2 Å². The van der Waals surface area contributed by atoms with Crippen LogP contribution in [0.3, 0.4) is 0 Å². The fourth-order valence-corrected chi connectivity index (χ4v) is 11.2. The van der Waals surface area contributed by atoms with Crippen molar-refractivity contribution in [3.63, 3.8) is 0 Å². The summed E-state index contributed by atoms with van der Waals surface area (Å²) in [6.45, 7) is 7.26. The van der Waals surface area contributed by atoms with E-state index < -0.39 is 20.0 Å². The fraction of sp³-hybridized carbons (Fsp3) is 0.286. The topological polar surface area (TPSA) is 66.4 Å². The van der Waals surface area contributed by atoms with Gasteiger partial charge in [-0.05, 0) is 56.4 Å². The second-order valence-corrected chi connectivity index (χ2v) is 17.3. The Kier molecular flexibility index (Phi) is 12.1. The molecule has 5 aromatic rings. The van der Waals surface area contributed by atoms with Gasteiger partial charge in [0.2, 0.25) is 0 Å². The standard InChI is InChI=1S/C42H48O6Si/c1-41(2,3)49(39-17-11-7-12-18-39,40-19-13-8-14-20-40)48-32-38(46-30-29-43)31-47-42(33-15-9-6-10-16-33,34-21-25-36(44-4)26-22-34)35-23-27-37(45-5)28-24-35/h6-28,38,43H,29-32H2,1-5H3. The van der Waals surface area contributed by atoms with Crippen LogP contribution in [0.4, 0.5) is 0 Å². The van der Waals surface area contributed by atoms with Gasteiger partial charge in [0.05, 0.1) is 40.6 Å². The first-order valence-electron chi connectivity index (χ1n) is 16.7. The average molecular weight is 677 g/mol. The average Bonchev–Trinajstić information content (AvgIpc) is 3.15. The van der Waals surface area contributed by atoms with Crippen molar-refractivity contribution in [3.05, 3.63) is 156 Å². The van der Waals surface area contributed by atoms with Gasteiger partial charge in [0.15, 0.2) is 0 Å². The lowest BCUT2D eigenvalue weighted by atomic mass is 9.80. The van der Waals surface area contributed by atoms with E-state index in [9.17, 15) is 5.11 Å². The van der Waals surface area contributed by atoms with E-state index in [-0.39, 0.29) is 31.5 Å². The second kappa shape index (κ2) is 16.4. The molecular weight excluding hydrogens is 629 g/mol. The summed E-state index contributed by atoms with van der Waals surface area (Å²) in [5, 5.41) is 12.0. The molecule has 5 rings (SSSR count). The number of ether oxygens (including phenoxy) is 4. The lowest BCUT2D eigenvalue weighted by Gasteiger charge is -2.44. The van der Waals surface area contributed by atoms with Crippen LogP contribution in [0.15, 0.2) is 140 Å². The van der Waals surface area contributed by atoms with Gasteiger partial charge in [0.25, 0.3) is 8.32 Å². The molecule has 6 nitrogen and oxygen atoms in total. The number of rotatable bonds is 16. The van der Waals surface area contributed by atoms with E-state index >= 15 is 0 Å². The van der Waals surface area contributed by atoms with Gasteiger partial charge in [-0.25, -0.2) is 0 Å². The van der Waals surface area contributed by atoms with Crippen molar-refractivity contribution in [3.8, 4) is 11.5 Å². The minimum absolute atomic E-state index is 0.115. The molecule has 256 valence electrons. The minimum Gasteiger partial charge on any atom is -0.497 e. The van der Waals surface area contributed by atoms with Crippen molar-refractivity contribution in [1.29, 1.82) is 0 Å². The molecule has 49 heavy (non-hydrogen) atoms. The van der Waals surface area contributed by atoms with Crippen molar-refractivity contribution in [2.75, 3.05) is 40.6 Å². The first kappa shape index (κ1) is 36.0. The number of methoxy groups -OCH3 is 2. The van der Waals surface area contributed by atoms with Gasteiger partial charge in [0.1, 0.15) is 23.2 Å². The monoisotopic (exact) mass is 676 g/mol. The summed E-state index contributed by atoms with van der Waals surface area (Å²) < 4.78 is 31.9. The third kappa shape index (κ3) is 7.82. The first-order valence-corrected chi connectivity index (χ1v) is 18.7. The Bertz CT molecular complexity index is 1600. The molecule has 0 aliphatic carbocycles. The maximum atomic E-state index is 9.87. The van der Waals surface area contributed by atoms with Crippen LogP contribution < -0.4 is 19.8 Å². The van der Waals surface area contributed by atoms with Crippen molar-refractivity contribution >= 4 is 18.7 Å². The molecule has 0 heterocycles. The van der Waals surface area contributed by atoms with E-state index in [1.54, 1.807) is 14.2 Å². The first-order chi connectivity index (χ1) is 23.8. The van der Waals surface area contributed by atoms with Gasteiger partial charge in [-0.3, -0.25) is 0 Å². The Morgan fingerprint density at radius 1 is 0.571 bits per heavy atom. The maximum Gasteiger partial charge on any atom is 0.261 e. The van der Waals surface area contributed by atoms with Crippen molar-refractivity contribution in [2.24, 2.45) is 0 Å². The van der Waals surface area contributed by atoms with Crippen molar-refractivity contribution < 1.29 is 28.5 Å². The molecule has 1 unspecified atom stereocenters. The third-order valence-electron chi connectivity index (χ3n) is 9.01. The van der Waals surface area contributed by atoms with E-state index in [0.717, 1.165) is 28.2 Å². The molecule has 7 heteroatoms. The minimum atomic E-state index is -2.86. The number of hydrogen-bond acceptors (Lipinski definition) is 6. The van der Waals surface area contributed by atoms with Crippen LogP contribution in [0, 0.1) is 0 Å². The van der Waals surface area contributed by atoms with Crippen LogP contribution >= 0.6 is 0 Å². The maximum absolute atomic E-state index is 9.87. The van der Waals surface area contributed by atoms with Gasteiger partial charge in [0, 0.05) is 0 Å². The largest absolute Gasteiger partial charge is 0.497 e. The predicted molar refractivity (Wildman–Crippen MR) is 199 cm³/mol. The molecule has 0 saturated heterocycles. The van der Waals surface area contributed by atoms with E-state index in [1.807, 2.05) is 78.9 Å². The summed E-state index contributed by atoms with van der Waals surface area (Å²) in [5.74, 6) is 1.51. The van der Waals surface area contributed by atoms with Crippen LogP contribution in [-0.2, 0) is 19.5 Å². The summed E-state index contributed by atoms with van der Waals surface area (Å²) in [6, 6.07) is 47.3. The lowest BCUT2D eigenvalue weighted by Crippen LogP contribution is -2.67. The number of aliphatic hydroxyl groups excluding tert-OH is 1. The second-order valence-electron chi connectivity index (χ2n) is 13.0. The van der Waals surface area contributed by atoms with Gasteiger partial charge in [-0.15, -0.1) is 0 Å². The highest BCUT2D eigenvalue weighted by atomic mass is 28.4.